The van der Waals surface area contributed by atoms with Crippen molar-refractivity contribution in [3.05, 3.63) is 114 Å². The molecule has 2 N–H and O–H groups in total. The van der Waals surface area contributed by atoms with Crippen LogP contribution in [0.5, 0.6) is 0 Å². The minimum absolute atomic E-state index is 0.191. The minimum Gasteiger partial charge on any atom is -0.383 e. The first-order valence-electron chi connectivity index (χ1n) is 14.5. The Labute approximate surface area is 259 Å². The zero-order chi connectivity index (χ0) is 30.8. The van der Waals surface area contributed by atoms with Crippen LogP contribution < -0.4 is 10.6 Å². The van der Waals surface area contributed by atoms with Gasteiger partial charge in [0.1, 0.15) is 23.2 Å². The standard InChI is InChI=1S/C34H27N11/c1-37-25-5-2-4-24(20-25)28-11-12-29-34(40-28)45(33(41-29)27-6-3-14-39-32(27)36)26-9-7-23(8-10-26)22-43-16-18-44(19-17-43)31-13-15-38-30(21-35)42-31/h2-15,20H,16-19,22H2,(H2,36,39). The molecule has 0 amide bonds. The molecule has 0 bridgehead atoms. The van der Waals surface area contributed by atoms with Crippen molar-refractivity contribution in [1.82, 2.24) is 34.4 Å². The molecule has 0 aliphatic carbocycles. The summed E-state index contributed by atoms with van der Waals surface area (Å²) >= 11 is 0. The summed E-state index contributed by atoms with van der Waals surface area (Å²) in [7, 11) is 0. The van der Waals surface area contributed by atoms with Crippen LogP contribution >= 0.6 is 0 Å². The largest absolute Gasteiger partial charge is 0.383 e. The first-order valence-corrected chi connectivity index (χ1v) is 14.5. The number of nitrogen functional groups attached to an aromatic ring is 1. The molecule has 2 aromatic carbocycles. The van der Waals surface area contributed by atoms with Gasteiger partial charge in [0.2, 0.25) is 5.82 Å². The molecule has 1 saturated heterocycles. The van der Waals surface area contributed by atoms with E-state index in [1.807, 2.05) is 59.2 Å². The molecule has 218 valence electrons. The maximum absolute atomic E-state index is 9.13. The zero-order valence-corrected chi connectivity index (χ0v) is 24.2. The van der Waals surface area contributed by atoms with E-state index in [-0.39, 0.29) is 5.82 Å². The van der Waals surface area contributed by atoms with Crippen LogP contribution in [-0.2, 0) is 6.54 Å². The van der Waals surface area contributed by atoms with E-state index in [1.54, 1.807) is 18.5 Å². The Bertz CT molecular complexity index is 2100. The van der Waals surface area contributed by atoms with E-state index < -0.39 is 0 Å². The minimum atomic E-state index is 0.191. The van der Waals surface area contributed by atoms with E-state index in [1.165, 1.54) is 5.56 Å². The lowest BCUT2D eigenvalue weighted by atomic mass is 10.1. The van der Waals surface area contributed by atoms with Crippen LogP contribution in [0.3, 0.4) is 0 Å². The van der Waals surface area contributed by atoms with Gasteiger partial charge in [0.25, 0.3) is 0 Å². The molecule has 11 nitrogen and oxygen atoms in total. The average molecular weight is 590 g/mol. The van der Waals surface area contributed by atoms with Gasteiger partial charge >= 0.3 is 0 Å². The second-order valence-corrected chi connectivity index (χ2v) is 10.7. The average Bonchev–Trinajstić information content (AvgIpc) is 3.48. The van der Waals surface area contributed by atoms with Gasteiger partial charge in [-0.25, -0.2) is 29.8 Å². The smallest absolute Gasteiger partial charge is 0.234 e. The number of fused-ring (bicyclic) bond motifs is 1. The van der Waals surface area contributed by atoms with Gasteiger partial charge in [0.05, 0.1) is 17.8 Å². The Morgan fingerprint density at radius 3 is 2.49 bits per heavy atom. The fraction of sp³-hybridized carbons (Fsp3) is 0.147. The highest BCUT2D eigenvalue weighted by atomic mass is 15.3. The summed E-state index contributed by atoms with van der Waals surface area (Å²) in [6, 6.07) is 27.4. The highest BCUT2D eigenvalue weighted by Gasteiger charge is 2.21. The van der Waals surface area contributed by atoms with Gasteiger partial charge < -0.3 is 10.6 Å². The molecule has 0 spiro atoms. The maximum Gasteiger partial charge on any atom is 0.234 e. The number of anilines is 2. The fourth-order valence-electron chi connectivity index (χ4n) is 5.61. The van der Waals surface area contributed by atoms with Gasteiger partial charge in [-0.1, -0.05) is 30.3 Å². The van der Waals surface area contributed by atoms with Crippen LogP contribution in [0.1, 0.15) is 11.4 Å². The van der Waals surface area contributed by atoms with Crippen molar-refractivity contribution in [3.8, 4) is 34.4 Å². The van der Waals surface area contributed by atoms with E-state index >= 15 is 0 Å². The molecule has 0 radical (unpaired) electrons. The number of benzene rings is 2. The predicted octanol–water partition coefficient (Wildman–Crippen LogP) is 5.27. The maximum atomic E-state index is 9.13. The zero-order valence-electron chi connectivity index (χ0n) is 24.2. The summed E-state index contributed by atoms with van der Waals surface area (Å²) < 4.78 is 2.02. The Morgan fingerprint density at radius 1 is 0.867 bits per heavy atom. The molecular weight excluding hydrogens is 562 g/mol. The molecule has 0 saturated carbocycles. The third-order valence-corrected chi connectivity index (χ3v) is 7.89. The molecule has 1 fully saturated rings. The summed E-state index contributed by atoms with van der Waals surface area (Å²) in [5.74, 6) is 2.03. The first-order chi connectivity index (χ1) is 22.1. The van der Waals surface area contributed by atoms with E-state index in [4.69, 9.17) is 27.5 Å². The molecule has 1 aliphatic heterocycles. The number of imidazole rings is 1. The number of rotatable bonds is 6. The molecule has 11 heteroatoms. The highest BCUT2D eigenvalue weighted by molar-refractivity contribution is 5.84. The number of hydrogen-bond acceptors (Lipinski definition) is 9. The van der Waals surface area contributed by atoms with E-state index in [0.717, 1.165) is 66.6 Å². The van der Waals surface area contributed by atoms with Gasteiger partial charge in [-0.3, -0.25) is 9.47 Å². The molecular formula is C34H27N11. The van der Waals surface area contributed by atoms with Crippen molar-refractivity contribution in [1.29, 1.82) is 5.26 Å². The number of nitriles is 1. The number of nitrogens with zero attached hydrogens (tertiary/aromatic N) is 10. The SMILES string of the molecule is [C-]#[N+]c1cccc(-c2ccc3nc(-c4cccnc4N)n(-c4ccc(CN5CCN(c6ccnc(C#N)n6)CC5)cc4)c3n2)c1. The topological polar surface area (TPSA) is 130 Å². The number of nitrogens with two attached hydrogens (primary N) is 1. The molecule has 6 aromatic rings. The number of piperazine rings is 1. The van der Waals surface area contributed by atoms with Crippen molar-refractivity contribution in [2.24, 2.45) is 0 Å². The molecule has 4 aromatic heterocycles. The third kappa shape index (κ3) is 5.52. The quantitative estimate of drug-likeness (QED) is 0.258. The van der Waals surface area contributed by atoms with Gasteiger partial charge in [-0.05, 0) is 59.7 Å². The van der Waals surface area contributed by atoms with Crippen molar-refractivity contribution in [3.63, 3.8) is 0 Å². The van der Waals surface area contributed by atoms with Crippen molar-refractivity contribution >= 4 is 28.5 Å². The van der Waals surface area contributed by atoms with Crippen LogP contribution in [0.25, 0.3) is 44.3 Å². The molecule has 45 heavy (non-hydrogen) atoms. The summed E-state index contributed by atoms with van der Waals surface area (Å²) in [6.07, 6.45) is 3.30. The Balaban J connectivity index is 1.18. The molecule has 5 heterocycles. The number of aromatic nitrogens is 6. The molecule has 1 aliphatic rings. The van der Waals surface area contributed by atoms with Crippen LogP contribution in [0.2, 0.25) is 0 Å². The fourth-order valence-corrected chi connectivity index (χ4v) is 5.61. The van der Waals surface area contributed by atoms with Crippen molar-refractivity contribution < 1.29 is 0 Å². The van der Waals surface area contributed by atoms with E-state index in [9.17, 15) is 0 Å². The van der Waals surface area contributed by atoms with Crippen LogP contribution in [-0.4, -0.2) is 60.6 Å². The van der Waals surface area contributed by atoms with Gasteiger partial charge in [0.15, 0.2) is 17.2 Å². The monoisotopic (exact) mass is 589 g/mol. The van der Waals surface area contributed by atoms with Crippen LogP contribution in [0, 0.1) is 17.9 Å². The lowest BCUT2D eigenvalue weighted by molar-refractivity contribution is 0.249. The lowest BCUT2D eigenvalue weighted by Gasteiger charge is -2.35. The number of hydrogen-bond donors (Lipinski definition) is 1. The second-order valence-electron chi connectivity index (χ2n) is 10.7. The summed E-state index contributed by atoms with van der Waals surface area (Å²) in [5, 5.41) is 9.13. The lowest BCUT2D eigenvalue weighted by Crippen LogP contribution is -2.46. The normalized spacial score (nSPS) is 13.4. The van der Waals surface area contributed by atoms with Crippen LogP contribution in [0.4, 0.5) is 17.3 Å². The number of pyridine rings is 2. The van der Waals surface area contributed by atoms with E-state index in [0.29, 0.717) is 23.0 Å². The first kappa shape index (κ1) is 27.7. The van der Waals surface area contributed by atoms with Crippen molar-refractivity contribution in [2.45, 2.75) is 6.54 Å². The predicted molar refractivity (Wildman–Crippen MR) is 172 cm³/mol. The summed E-state index contributed by atoms with van der Waals surface area (Å²) in [6.45, 7) is 11.6. The summed E-state index contributed by atoms with van der Waals surface area (Å²) in [5.41, 5.74) is 12.7. The Morgan fingerprint density at radius 2 is 1.71 bits per heavy atom. The van der Waals surface area contributed by atoms with Gasteiger partial charge in [-0.15, -0.1) is 0 Å². The van der Waals surface area contributed by atoms with Crippen molar-refractivity contribution in [2.75, 3.05) is 36.8 Å². The molecule has 0 atom stereocenters. The summed E-state index contributed by atoms with van der Waals surface area (Å²) in [4.78, 5) is 30.8. The second kappa shape index (κ2) is 11.8. The Kier molecular flexibility index (Phi) is 7.28. The van der Waals surface area contributed by atoms with Gasteiger partial charge in [-0.2, -0.15) is 5.26 Å². The Hall–Kier alpha value is -6.17. The van der Waals surface area contributed by atoms with Gasteiger partial charge in [0, 0.05) is 50.8 Å². The third-order valence-electron chi connectivity index (χ3n) is 7.89. The molecule has 0 unspecified atom stereocenters. The highest BCUT2D eigenvalue weighted by Crippen LogP contribution is 2.32. The van der Waals surface area contributed by atoms with E-state index in [2.05, 4.69) is 53.9 Å². The molecule has 7 rings (SSSR count). The van der Waals surface area contributed by atoms with Crippen LogP contribution in [0.15, 0.2) is 91.3 Å².